The number of anilines is 1. The molecule has 0 fully saturated rings. The van der Waals surface area contributed by atoms with Crippen LogP contribution in [0.4, 0.5) is 5.69 Å². The van der Waals surface area contributed by atoms with E-state index in [1.165, 1.54) is 0 Å². The fourth-order valence-corrected chi connectivity index (χ4v) is 3.44. The zero-order valence-electron chi connectivity index (χ0n) is 15.0. The molecule has 0 saturated carbocycles. The van der Waals surface area contributed by atoms with Crippen LogP contribution in [0.2, 0.25) is 5.02 Å². The van der Waals surface area contributed by atoms with Crippen LogP contribution in [0.15, 0.2) is 53.4 Å². The summed E-state index contributed by atoms with van der Waals surface area (Å²) in [6.45, 7) is 5.15. The first-order valence-corrected chi connectivity index (χ1v) is 9.98. The Balaban J connectivity index is 1.94. The number of thioether (sulfide) groups is 1. The minimum atomic E-state index is -0.105. The van der Waals surface area contributed by atoms with Gasteiger partial charge in [-0.25, -0.2) is 0 Å². The number of nitrogens with zero attached hydrogens (tertiary/aromatic N) is 1. The highest BCUT2D eigenvalue weighted by Gasteiger charge is 2.17. The zero-order chi connectivity index (χ0) is 18.9. The predicted octanol–water partition coefficient (Wildman–Crippen LogP) is 4.94. The van der Waals surface area contributed by atoms with E-state index in [0.717, 1.165) is 4.90 Å². The Morgan fingerprint density at radius 3 is 2.35 bits per heavy atom. The van der Waals surface area contributed by atoms with Crippen LogP contribution in [0.3, 0.4) is 0 Å². The van der Waals surface area contributed by atoms with Gasteiger partial charge in [-0.3, -0.25) is 9.59 Å². The highest BCUT2D eigenvalue weighted by atomic mass is 35.5. The Morgan fingerprint density at radius 2 is 1.69 bits per heavy atom. The largest absolute Gasteiger partial charge is 0.339 e. The van der Waals surface area contributed by atoms with Crippen LogP contribution in [0.1, 0.15) is 30.6 Å². The molecule has 26 heavy (non-hydrogen) atoms. The molecule has 0 unspecified atom stereocenters. The molecular formula is C20H23ClN2O2S. The number of carbonyl (C=O) groups is 2. The average molecular weight is 391 g/mol. The first kappa shape index (κ1) is 20.3. The lowest BCUT2D eigenvalue weighted by atomic mass is 10.1. The van der Waals surface area contributed by atoms with Crippen LogP contribution in [0.25, 0.3) is 0 Å². The molecule has 1 N–H and O–H groups in total. The Kier molecular flexibility index (Phi) is 8.01. The van der Waals surface area contributed by atoms with Gasteiger partial charge in [-0.2, -0.15) is 0 Å². The molecule has 4 nitrogen and oxygen atoms in total. The second kappa shape index (κ2) is 10.2. The van der Waals surface area contributed by atoms with Gasteiger partial charge in [-0.05, 0) is 50.2 Å². The second-order valence-corrected chi connectivity index (χ2v) is 7.23. The van der Waals surface area contributed by atoms with Gasteiger partial charge in [0.15, 0.2) is 0 Å². The second-order valence-electron chi connectivity index (χ2n) is 5.62. The van der Waals surface area contributed by atoms with Crippen LogP contribution < -0.4 is 5.32 Å². The molecule has 2 aromatic rings. The van der Waals surface area contributed by atoms with E-state index >= 15 is 0 Å². The van der Waals surface area contributed by atoms with E-state index in [2.05, 4.69) is 5.32 Å². The van der Waals surface area contributed by atoms with Gasteiger partial charge in [-0.1, -0.05) is 23.7 Å². The summed E-state index contributed by atoms with van der Waals surface area (Å²) in [6, 6.07) is 14.7. The number of nitrogens with one attached hydrogen (secondary N) is 1. The van der Waals surface area contributed by atoms with Crippen molar-refractivity contribution >= 4 is 40.9 Å². The van der Waals surface area contributed by atoms with Gasteiger partial charge in [0.1, 0.15) is 0 Å². The molecular weight excluding hydrogens is 368 g/mol. The molecule has 0 atom stereocenters. The summed E-state index contributed by atoms with van der Waals surface area (Å²) in [6.07, 6.45) is 0.362. The van der Waals surface area contributed by atoms with Crippen molar-refractivity contribution in [2.75, 3.05) is 24.2 Å². The van der Waals surface area contributed by atoms with Crippen molar-refractivity contribution in [1.29, 1.82) is 0 Å². The Labute approximate surface area is 163 Å². The summed E-state index contributed by atoms with van der Waals surface area (Å²) in [5.74, 6) is 0.479. The Hall–Kier alpha value is -1.98. The molecule has 0 radical (unpaired) electrons. The monoisotopic (exact) mass is 390 g/mol. The molecule has 138 valence electrons. The lowest BCUT2D eigenvalue weighted by molar-refractivity contribution is -0.115. The lowest BCUT2D eigenvalue weighted by Gasteiger charge is -2.20. The third kappa shape index (κ3) is 5.78. The number of hydrogen-bond donors (Lipinski definition) is 1. The SMILES string of the molecule is CCN(CC)C(=O)c1ccccc1NC(=O)CCSc1ccc(Cl)cc1. The van der Waals surface area contributed by atoms with Crippen molar-refractivity contribution in [3.05, 3.63) is 59.1 Å². The maximum Gasteiger partial charge on any atom is 0.255 e. The Morgan fingerprint density at radius 1 is 1.04 bits per heavy atom. The maximum absolute atomic E-state index is 12.6. The van der Waals surface area contributed by atoms with Gasteiger partial charge in [0.05, 0.1) is 11.3 Å². The lowest BCUT2D eigenvalue weighted by Crippen LogP contribution is -2.31. The molecule has 2 rings (SSSR count). The minimum Gasteiger partial charge on any atom is -0.339 e. The summed E-state index contributed by atoms with van der Waals surface area (Å²) in [4.78, 5) is 27.7. The normalized spacial score (nSPS) is 10.4. The van der Waals surface area contributed by atoms with Crippen LogP contribution in [0, 0.1) is 0 Å². The van der Waals surface area contributed by atoms with Crippen molar-refractivity contribution in [1.82, 2.24) is 4.90 Å². The summed E-state index contributed by atoms with van der Waals surface area (Å²) in [7, 11) is 0. The molecule has 6 heteroatoms. The molecule has 0 aliphatic heterocycles. The molecule has 0 saturated heterocycles. The van der Waals surface area contributed by atoms with Gasteiger partial charge in [0.25, 0.3) is 5.91 Å². The van der Waals surface area contributed by atoms with Crippen molar-refractivity contribution in [3.8, 4) is 0 Å². The standard InChI is InChI=1S/C20H23ClN2O2S/c1-3-23(4-2)20(25)17-7-5-6-8-18(17)22-19(24)13-14-26-16-11-9-15(21)10-12-16/h5-12H,3-4,13-14H2,1-2H3,(H,22,24). The number of hydrogen-bond acceptors (Lipinski definition) is 3. The smallest absolute Gasteiger partial charge is 0.255 e. The van der Waals surface area contributed by atoms with Gasteiger partial charge in [0, 0.05) is 35.2 Å². The molecule has 0 aliphatic rings. The van der Waals surface area contributed by atoms with E-state index < -0.39 is 0 Å². The first-order valence-electron chi connectivity index (χ1n) is 8.61. The zero-order valence-corrected chi connectivity index (χ0v) is 16.6. The van der Waals surface area contributed by atoms with Crippen molar-refractivity contribution in [2.45, 2.75) is 25.2 Å². The Bertz CT molecular complexity index is 746. The molecule has 0 aromatic heterocycles. The van der Waals surface area contributed by atoms with E-state index in [9.17, 15) is 9.59 Å². The van der Waals surface area contributed by atoms with Crippen molar-refractivity contribution < 1.29 is 9.59 Å². The predicted molar refractivity (Wildman–Crippen MR) is 109 cm³/mol. The van der Waals surface area contributed by atoms with Crippen LogP contribution >= 0.6 is 23.4 Å². The van der Waals surface area contributed by atoms with Gasteiger partial charge < -0.3 is 10.2 Å². The van der Waals surface area contributed by atoms with E-state index in [4.69, 9.17) is 11.6 Å². The van der Waals surface area contributed by atoms with E-state index in [1.807, 2.05) is 50.2 Å². The first-order chi connectivity index (χ1) is 12.5. The quantitative estimate of drug-likeness (QED) is 0.649. The summed E-state index contributed by atoms with van der Waals surface area (Å²) < 4.78 is 0. The summed E-state index contributed by atoms with van der Waals surface area (Å²) >= 11 is 7.46. The van der Waals surface area contributed by atoms with Gasteiger partial charge in [-0.15, -0.1) is 11.8 Å². The average Bonchev–Trinajstić information content (AvgIpc) is 2.64. The molecule has 0 spiro atoms. The fourth-order valence-electron chi connectivity index (χ4n) is 2.46. The molecule has 0 aliphatic carbocycles. The number of amides is 2. The third-order valence-corrected chi connectivity index (χ3v) is 5.16. The fraction of sp³-hybridized carbons (Fsp3) is 0.300. The number of benzene rings is 2. The molecule has 0 bridgehead atoms. The third-order valence-electron chi connectivity index (χ3n) is 3.89. The van der Waals surface area contributed by atoms with Crippen LogP contribution in [-0.4, -0.2) is 35.6 Å². The van der Waals surface area contributed by atoms with E-state index in [-0.39, 0.29) is 11.8 Å². The van der Waals surface area contributed by atoms with E-state index in [1.54, 1.807) is 28.8 Å². The number of rotatable bonds is 8. The topological polar surface area (TPSA) is 49.4 Å². The number of halogens is 1. The van der Waals surface area contributed by atoms with E-state index in [0.29, 0.717) is 41.5 Å². The molecule has 2 aromatic carbocycles. The van der Waals surface area contributed by atoms with Crippen LogP contribution in [0.5, 0.6) is 0 Å². The molecule has 0 heterocycles. The number of para-hydroxylation sites is 1. The number of carbonyl (C=O) groups excluding carboxylic acids is 2. The highest BCUT2D eigenvalue weighted by molar-refractivity contribution is 7.99. The molecule has 2 amide bonds. The van der Waals surface area contributed by atoms with Crippen molar-refractivity contribution in [2.24, 2.45) is 0 Å². The minimum absolute atomic E-state index is 0.0681. The summed E-state index contributed by atoms with van der Waals surface area (Å²) in [5, 5.41) is 3.56. The van der Waals surface area contributed by atoms with Crippen LogP contribution in [-0.2, 0) is 4.79 Å². The maximum atomic E-state index is 12.6. The summed E-state index contributed by atoms with van der Waals surface area (Å²) in [5.41, 5.74) is 1.08. The van der Waals surface area contributed by atoms with Gasteiger partial charge >= 0.3 is 0 Å². The highest BCUT2D eigenvalue weighted by Crippen LogP contribution is 2.22. The van der Waals surface area contributed by atoms with Gasteiger partial charge in [0.2, 0.25) is 5.91 Å². The van der Waals surface area contributed by atoms with Crippen molar-refractivity contribution in [3.63, 3.8) is 0 Å².